The Morgan fingerprint density at radius 2 is 1.83 bits per heavy atom. The van der Waals surface area contributed by atoms with Crippen LogP contribution >= 0.6 is 0 Å². The molecule has 2 fully saturated rings. The Balaban J connectivity index is 1.56. The summed E-state index contributed by atoms with van der Waals surface area (Å²) in [6, 6.07) is 7.13. The molecule has 2 atom stereocenters. The average Bonchev–Trinajstić information content (AvgIpc) is 2.96. The molecule has 2 bridgehead atoms. The zero-order chi connectivity index (χ0) is 21.4. The highest BCUT2D eigenvalue weighted by Gasteiger charge is 2.60. The molecule has 0 saturated heterocycles. The van der Waals surface area contributed by atoms with Crippen molar-refractivity contribution >= 4 is 17.7 Å². The monoisotopic (exact) mass is 399 g/mol. The highest BCUT2D eigenvalue weighted by atomic mass is 16.6. The number of hydrazone groups is 1. The van der Waals surface area contributed by atoms with Crippen molar-refractivity contribution in [1.29, 1.82) is 0 Å². The van der Waals surface area contributed by atoms with Gasteiger partial charge in [0.05, 0.1) is 0 Å². The summed E-state index contributed by atoms with van der Waals surface area (Å²) in [6.45, 7) is 12.7. The van der Waals surface area contributed by atoms with Crippen LogP contribution in [0.25, 0.3) is 0 Å². The third kappa shape index (κ3) is 4.31. The maximum absolute atomic E-state index is 12.5. The van der Waals surface area contributed by atoms with E-state index in [1.54, 1.807) is 12.1 Å². The lowest BCUT2D eigenvalue weighted by Gasteiger charge is -2.34. The first kappa shape index (κ1) is 21.3. The molecule has 6 heteroatoms. The maximum atomic E-state index is 12.5. The fraction of sp³-hybridized carbons (Fsp3) is 0.609. The molecular weight excluding hydrogens is 366 g/mol. The van der Waals surface area contributed by atoms with Crippen LogP contribution < -0.4 is 10.7 Å². The Kier molecular flexibility index (Phi) is 5.50. The molecule has 158 valence electrons. The molecule has 0 aliphatic heterocycles. The zero-order valence-electron chi connectivity index (χ0n) is 18.4. The Morgan fingerprint density at radius 3 is 2.34 bits per heavy atom. The van der Waals surface area contributed by atoms with Crippen molar-refractivity contribution in [3.8, 4) is 0 Å². The number of carbonyl (C=O) groups excluding carboxylic acids is 2. The second kappa shape index (κ2) is 7.47. The van der Waals surface area contributed by atoms with E-state index in [-0.39, 0.29) is 16.7 Å². The number of amides is 2. The van der Waals surface area contributed by atoms with Crippen LogP contribution in [0.15, 0.2) is 29.4 Å². The molecule has 0 spiro atoms. The van der Waals surface area contributed by atoms with Gasteiger partial charge in [-0.25, -0.2) is 10.2 Å². The first-order valence-electron chi connectivity index (χ1n) is 10.4. The largest absolute Gasteiger partial charge is 0.444 e. The van der Waals surface area contributed by atoms with Gasteiger partial charge in [-0.2, -0.15) is 5.10 Å². The van der Waals surface area contributed by atoms with Gasteiger partial charge in [-0.3, -0.25) is 4.79 Å². The van der Waals surface area contributed by atoms with Gasteiger partial charge < -0.3 is 10.1 Å². The molecule has 0 heterocycles. The summed E-state index contributed by atoms with van der Waals surface area (Å²) in [5.41, 5.74) is 5.07. The summed E-state index contributed by atoms with van der Waals surface area (Å²) >= 11 is 0. The van der Waals surface area contributed by atoms with E-state index in [9.17, 15) is 9.59 Å². The minimum atomic E-state index is -0.529. The number of nitrogens with one attached hydrogen (secondary N) is 2. The van der Waals surface area contributed by atoms with E-state index in [2.05, 4.69) is 36.6 Å². The third-order valence-corrected chi connectivity index (χ3v) is 6.86. The van der Waals surface area contributed by atoms with Crippen LogP contribution in [-0.2, 0) is 11.3 Å². The number of hydrogen-bond acceptors (Lipinski definition) is 4. The van der Waals surface area contributed by atoms with Crippen molar-refractivity contribution in [3.05, 3.63) is 35.4 Å². The standard InChI is InChI=1S/C23H33N3O3/c1-21(2,3)29-20(28)24-14-15-7-9-16(10-8-15)19(27)26-25-18-13-17-11-12-23(18,6)22(17,4)5/h7-10,17H,11-14H2,1-6H3,(H,24,28)(H,26,27)/b25-18-/t17-,23+/m0/s1. The summed E-state index contributed by atoms with van der Waals surface area (Å²) in [5, 5.41) is 7.22. The molecule has 29 heavy (non-hydrogen) atoms. The van der Waals surface area contributed by atoms with Crippen molar-refractivity contribution in [3.63, 3.8) is 0 Å². The zero-order valence-corrected chi connectivity index (χ0v) is 18.4. The lowest BCUT2D eigenvalue weighted by molar-refractivity contribution is 0.0523. The van der Waals surface area contributed by atoms with Crippen molar-refractivity contribution in [2.75, 3.05) is 0 Å². The van der Waals surface area contributed by atoms with E-state index in [1.807, 2.05) is 32.9 Å². The van der Waals surface area contributed by atoms with Gasteiger partial charge in [-0.1, -0.05) is 32.9 Å². The van der Waals surface area contributed by atoms with Gasteiger partial charge in [-0.05, 0) is 69.1 Å². The van der Waals surface area contributed by atoms with E-state index in [0.29, 0.717) is 18.0 Å². The number of ether oxygens (including phenoxy) is 1. The highest BCUT2D eigenvalue weighted by Crippen LogP contribution is 2.63. The highest BCUT2D eigenvalue weighted by molar-refractivity contribution is 5.98. The van der Waals surface area contributed by atoms with E-state index >= 15 is 0 Å². The smallest absolute Gasteiger partial charge is 0.407 e. The van der Waals surface area contributed by atoms with E-state index in [1.165, 1.54) is 6.42 Å². The summed E-state index contributed by atoms with van der Waals surface area (Å²) in [4.78, 5) is 24.2. The minimum absolute atomic E-state index is 0.0716. The molecule has 2 amide bonds. The quantitative estimate of drug-likeness (QED) is 0.724. The number of hydrogen-bond donors (Lipinski definition) is 2. The molecule has 2 aliphatic carbocycles. The Labute approximate surface area is 173 Å². The van der Waals surface area contributed by atoms with Gasteiger partial charge in [0.1, 0.15) is 5.60 Å². The molecule has 1 aromatic carbocycles. The number of rotatable bonds is 4. The van der Waals surface area contributed by atoms with Crippen molar-refractivity contribution in [1.82, 2.24) is 10.7 Å². The second-order valence-electron chi connectivity index (χ2n) is 10.0. The van der Waals surface area contributed by atoms with Gasteiger partial charge in [0.25, 0.3) is 5.91 Å². The lowest BCUT2D eigenvalue weighted by atomic mass is 9.70. The minimum Gasteiger partial charge on any atom is -0.444 e. The van der Waals surface area contributed by atoms with Crippen molar-refractivity contribution < 1.29 is 14.3 Å². The van der Waals surface area contributed by atoms with Crippen LogP contribution in [0.3, 0.4) is 0 Å². The summed E-state index contributed by atoms with van der Waals surface area (Å²) in [5.74, 6) is 0.438. The molecule has 2 aliphatic rings. The Morgan fingerprint density at radius 1 is 1.17 bits per heavy atom. The van der Waals surface area contributed by atoms with Crippen LogP contribution in [0.2, 0.25) is 0 Å². The molecule has 2 saturated carbocycles. The molecule has 1 aromatic rings. The fourth-order valence-corrected chi connectivity index (χ4v) is 4.54. The molecule has 3 rings (SSSR count). The number of nitrogens with zero attached hydrogens (tertiary/aromatic N) is 1. The molecule has 2 N–H and O–H groups in total. The Bertz CT molecular complexity index is 821. The first-order chi connectivity index (χ1) is 13.4. The first-order valence-corrected chi connectivity index (χ1v) is 10.4. The summed E-state index contributed by atoms with van der Waals surface area (Å²) in [7, 11) is 0. The molecule has 0 radical (unpaired) electrons. The topological polar surface area (TPSA) is 79.8 Å². The van der Waals surface area contributed by atoms with Gasteiger partial charge in [0.15, 0.2) is 0 Å². The van der Waals surface area contributed by atoms with Gasteiger partial charge in [-0.15, -0.1) is 0 Å². The second-order valence-corrected chi connectivity index (χ2v) is 10.0. The third-order valence-electron chi connectivity index (χ3n) is 6.86. The van der Waals surface area contributed by atoms with E-state index in [0.717, 1.165) is 24.1 Å². The average molecular weight is 400 g/mol. The van der Waals surface area contributed by atoms with E-state index < -0.39 is 11.7 Å². The normalized spacial score (nSPS) is 26.4. The predicted molar refractivity (Wildman–Crippen MR) is 114 cm³/mol. The molecular formula is C23H33N3O3. The summed E-state index contributed by atoms with van der Waals surface area (Å²) in [6.07, 6.45) is 2.89. The van der Waals surface area contributed by atoms with Crippen LogP contribution in [0.4, 0.5) is 4.79 Å². The number of carbonyl (C=O) groups is 2. The number of fused-ring (bicyclic) bond motifs is 2. The van der Waals surface area contributed by atoms with Gasteiger partial charge >= 0.3 is 6.09 Å². The molecule has 0 unspecified atom stereocenters. The van der Waals surface area contributed by atoms with Crippen LogP contribution in [0.1, 0.15) is 76.7 Å². The predicted octanol–water partition coefficient (Wildman–Crippen LogP) is 4.64. The van der Waals surface area contributed by atoms with Crippen molar-refractivity contribution in [2.45, 2.75) is 73.0 Å². The number of benzene rings is 1. The van der Waals surface area contributed by atoms with Gasteiger partial charge in [0.2, 0.25) is 0 Å². The SMILES string of the molecule is CC(C)(C)OC(=O)NCc1ccc(C(=O)N/N=C2/C[C@@H]3CC[C@@]2(C)C3(C)C)cc1. The van der Waals surface area contributed by atoms with Crippen LogP contribution in [0.5, 0.6) is 0 Å². The maximum Gasteiger partial charge on any atom is 0.407 e. The lowest BCUT2D eigenvalue weighted by Crippen LogP contribution is -2.34. The molecule has 0 aromatic heterocycles. The molecule has 6 nitrogen and oxygen atoms in total. The fourth-order valence-electron chi connectivity index (χ4n) is 4.54. The Hall–Kier alpha value is -2.37. The van der Waals surface area contributed by atoms with Crippen LogP contribution in [0, 0.1) is 16.7 Å². The number of alkyl carbamates (subject to hydrolysis) is 1. The van der Waals surface area contributed by atoms with Gasteiger partial charge in [0, 0.05) is 23.2 Å². The van der Waals surface area contributed by atoms with E-state index in [4.69, 9.17) is 4.74 Å². The summed E-state index contributed by atoms with van der Waals surface area (Å²) < 4.78 is 5.22. The van der Waals surface area contributed by atoms with Crippen LogP contribution in [-0.4, -0.2) is 23.3 Å². The van der Waals surface area contributed by atoms with Crippen molar-refractivity contribution in [2.24, 2.45) is 21.8 Å².